The van der Waals surface area contributed by atoms with Gasteiger partial charge in [0.15, 0.2) is 5.72 Å². The van der Waals surface area contributed by atoms with Gasteiger partial charge in [0.05, 0.1) is 23.9 Å². The van der Waals surface area contributed by atoms with E-state index < -0.39 is 5.72 Å². The van der Waals surface area contributed by atoms with E-state index >= 15 is 0 Å². The van der Waals surface area contributed by atoms with Crippen LogP contribution in [-0.2, 0) is 9.53 Å². The highest BCUT2D eigenvalue weighted by Gasteiger charge is 2.61. The fraction of sp³-hybridized carbons (Fsp3) is 0.444. The van der Waals surface area contributed by atoms with Crippen molar-refractivity contribution in [2.45, 2.75) is 31.0 Å². The molecule has 0 unspecified atom stereocenters. The lowest BCUT2D eigenvalue weighted by atomic mass is 10.0. The number of nitrogens with zero attached hydrogens (tertiary/aromatic N) is 2. The van der Waals surface area contributed by atoms with E-state index in [0.717, 1.165) is 34.3 Å². The number of hydrogen-bond donors (Lipinski definition) is 0. The second kappa shape index (κ2) is 5.04. The number of ether oxygens (including phenoxy) is 1. The number of fused-ring (bicyclic) bond motifs is 1. The first-order chi connectivity index (χ1) is 11.7. The van der Waals surface area contributed by atoms with Crippen molar-refractivity contribution in [3.8, 4) is 0 Å². The summed E-state index contributed by atoms with van der Waals surface area (Å²) in [5.41, 5.74) is -0.568. The van der Waals surface area contributed by atoms with Gasteiger partial charge in [0, 0.05) is 24.2 Å². The molecule has 0 bridgehead atoms. The van der Waals surface area contributed by atoms with Crippen molar-refractivity contribution in [3.63, 3.8) is 0 Å². The van der Waals surface area contributed by atoms with Crippen LogP contribution in [0, 0.1) is 0 Å². The number of carbonyl (C=O) groups excluding carboxylic acids is 2. The Labute approximate surface area is 143 Å². The van der Waals surface area contributed by atoms with E-state index in [9.17, 15) is 9.59 Å². The van der Waals surface area contributed by atoms with Gasteiger partial charge < -0.3 is 14.5 Å². The molecule has 5 nitrogen and oxygen atoms in total. The molecule has 2 aromatic rings. The molecule has 3 fully saturated rings. The Morgan fingerprint density at radius 1 is 1.29 bits per heavy atom. The molecule has 3 saturated heterocycles. The Morgan fingerprint density at radius 2 is 2.17 bits per heavy atom. The largest absolute Gasteiger partial charge is 0.353 e. The fourth-order valence-corrected chi connectivity index (χ4v) is 5.44. The number of carbonyl (C=O) groups is 2. The van der Waals surface area contributed by atoms with E-state index in [-0.39, 0.29) is 17.9 Å². The minimum atomic E-state index is -0.568. The Hall–Kier alpha value is -1.92. The lowest BCUT2D eigenvalue weighted by molar-refractivity contribution is -0.179. The highest BCUT2D eigenvalue weighted by Crippen LogP contribution is 2.45. The average Bonchev–Trinajstić information content (AvgIpc) is 3.24. The van der Waals surface area contributed by atoms with E-state index in [0.29, 0.717) is 19.6 Å². The number of amides is 2. The number of thiophene rings is 1. The molecule has 0 aliphatic carbocycles. The van der Waals surface area contributed by atoms with E-state index in [1.165, 1.54) is 11.3 Å². The van der Waals surface area contributed by atoms with Gasteiger partial charge in [-0.15, -0.1) is 11.3 Å². The van der Waals surface area contributed by atoms with Crippen molar-refractivity contribution >= 4 is 33.2 Å². The molecule has 5 rings (SSSR count). The quantitative estimate of drug-likeness (QED) is 0.800. The maximum atomic E-state index is 13.1. The molecule has 0 saturated carbocycles. The highest BCUT2D eigenvalue weighted by atomic mass is 32.1. The Morgan fingerprint density at radius 3 is 3.04 bits per heavy atom. The predicted octanol–water partition coefficient (Wildman–Crippen LogP) is 2.46. The molecule has 3 aliphatic rings. The van der Waals surface area contributed by atoms with Crippen LogP contribution in [0.25, 0.3) is 10.1 Å². The molecule has 0 radical (unpaired) electrons. The van der Waals surface area contributed by atoms with Gasteiger partial charge in [0.1, 0.15) is 0 Å². The number of benzene rings is 1. The smallest absolute Gasteiger partial charge is 0.264 e. The van der Waals surface area contributed by atoms with Gasteiger partial charge in [-0.2, -0.15) is 0 Å². The first-order valence-electron chi connectivity index (χ1n) is 8.43. The molecular weight excluding hydrogens is 324 g/mol. The second-order valence-corrected chi connectivity index (χ2v) is 7.79. The standard InChI is InChI=1S/C18H18N2O3S/c21-16-11-15-18(20(16)7-3-9-23-18)6-8-19(15)17(22)14-10-12-4-1-2-5-13(12)24-14/h1-2,4-5,10,15H,3,6-9,11H2/t15-,18+/m1/s1. The molecule has 0 N–H and O–H groups in total. The maximum Gasteiger partial charge on any atom is 0.264 e. The van der Waals surface area contributed by atoms with E-state index in [1.807, 2.05) is 40.1 Å². The van der Waals surface area contributed by atoms with Gasteiger partial charge in [0.25, 0.3) is 5.91 Å². The molecule has 3 aliphatic heterocycles. The van der Waals surface area contributed by atoms with Crippen LogP contribution < -0.4 is 0 Å². The summed E-state index contributed by atoms with van der Waals surface area (Å²) in [6.07, 6.45) is 1.99. The number of rotatable bonds is 1. The molecule has 2 amide bonds. The van der Waals surface area contributed by atoms with Crippen molar-refractivity contribution in [1.29, 1.82) is 0 Å². The average molecular weight is 342 g/mol. The van der Waals surface area contributed by atoms with Gasteiger partial charge in [-0.05, 0) is 23.9 Å². The first kappa shape index (κ1) is 14.4. The topological polar surface area (TPSA) is 49.9 Å². The maximum absolute atomic E-state index is 13.1. The van der Waals surface area contributed by atoms with Crippen LogP contribution in [0.2, 0.25) is 0 Å². The third kappa shape index (κ3) is 1.84. The number of likely N-dealkylation sites (tertiary alicyclic amines) is 1. The second-order valence-electron chi connectivity index (χ2n) is 6.71. The summed E-state index contributed by atoms with van der Waals surface area (Å²) in [6.45, 7) is 2.08. The molecule has 24 heavy (non-hydrogen) atoms. The third-order valence-corrected chi connectivity index (χ3v) is 6.61. The minimum absolute atomic E-state index is 0.0295. The Kier molecular flexibility index (Phi) is 3.03. The molecule has 1 aromatic heterocycles. The van der Waals surface area contributed by atoms with Crippen molar-refractivity contribution in [3.05, 3.63) is 35.2 Å². The zero-order chi connectivity index (χ0) is 16.3. The Balaban J connectivity index is 1.49. The molecule has 124 valence electrons. The van der Waals surface area contributed by atoms with Crippen molar-refractivity contribution < 1.29 is 14.3 Å². The summed E-state index contributed by atoms with van der Waals surface area (Å²) >= 11 is 1.52. The van der Waals surface area contributed by atoms with Crippen molar-refractivity contribution in [2.24, 2.45) is 0 Å². The predicted molar refractivity (Wildman–Crippen MR) is 90.9 cm³/mol. The van der Waals surface area contributed by atoms with Gasteiger partial charge >= 0.3 is 0 Å². The van der Waals surface area contributed by atoms with Crippen LogP contribution in [0.4, 0.5) is 0 Å². The summed E-state index contributed by atoms with van der Waals surface area (Å²) in [4.78, 5) is 29.9. The summed E-state index contributed by atoms with van der Waals surface area (Å²) in [5.74, 6) is 0.149. The molecular formula is C18H18N2O3S. The molecule has 2 atom stereocenters. The zero-order valence-electron chi connectivity index (χ0n) is 13.2. The van der Waals surface area contributed by atoms with E-state index in [1.54, 1.807) is 0 Å². The highest BCUT2D eigenvalue weighted by molar-refractivity contribution is 7.20. The van der Waals surface area contributed by atoms with Crippen molar-refractivity contribution in [2.75, 3.05) is 19.7 Å². The summed E-state index contributed by atoms with van der Waals surface area (Å²) in [5, 5.41) is 1.10. The molecule has 6 heteroatoms. The van der Waals surface area contributed by atoms with Crippen LogP contribution in [0.3, 0.4) is 0 Å². The third-order valence-electron chi connectivity index (χ3n) is 5.51. The molecule has 1 aromatic carbocycles. The normalized spacial score (nSPS) is 29.2. The fourth-order valence-electron chi connectivity index (χ4n) is 4.42. The first-order valence-corrected chi connectivity index (χ1v) is 9.25. The van der Waals surface area contributed by atoms with Gasteiger partial charge in [-0.25, -0.2) is 0 Å². The summed E-state index contributed by atoms with van der Waals surface area (Å²) in [7, 11) is 0. The summed E-state index contributed by atoms with van der Waals surface area (Å²) < 4.78 is 7.19. The van der Waals surface area contributed by atoms with E-state index in [2.05, 4.69) is 0 Å². The SMILES string of the molecule is O=C(c1cc2ccccc2s1)N1CC[C@@]23OCCCN2C(=O)C[C@@H]13. The van der Waals surface area contributed by atoms with Crippen LogP contribution >= 0.6 is 11.3 Å². The molecule has 1 spiro atoms. The summed E-state index contributed by atoms with van der Waals surface area (Å²) in [6, 6.07) is 9.84. The Bertz CT molecular complexity index is 815. The molecule has 4 heterocycles. The minimum Gasteiger partial charge on any atom is -0.353 e. The van der Waals surface area contributed by atoms with Crippen LogP contribution in [0.1, 0.15) is 28.9 Å². The lowest BCUT2D eigenvalue weighted by Crippen LogP contribution is -2.56. The van der Waals surface area contributed by atoms with Crippen LogP contribution in [0.5, 0.6) is 0 Å². The van der Waals surface area contributed by atoms with E-state index in [4.69, 9.17) is 4.74 Å². The van der Waals surface area contributed by atoms with Gasteiger partial charge in [-0.1, -0.05) is 18.2 Å². The monoisotopic (exact) mass is 342 g/mol. The van der Waals surface area contributed by atoms with Crippen LogP contribution in [-0.4, -0.2) is 53.1 Å². The van der Waals surface area contributed by atoms with Crippen molar-refractivity contribution in [1.82, 2.24) is 9.80 Å². The zero-order valence-corrected chi connectivity index (χ0v) is 14.1. The van der Waals surface area contributed by atoms with Gasteiger partial charge in [-0.3, -0.25) is 9.59 Å². The number of hydrogen-bond acceptors (Lipinski definition) is 4. The lowest BCUT2D eigenvalue weighted by Gasteiger charge is -2.42. The van der Waals surface area contributed by atoms with Gasteiger partial charge in [0.2, 0.25) is 5.91 Å². The van der Waals surface area contributed by atoms with Crippen LogP contribution in [0.15, 0.2) is 30.3 Å².